The van der Waals surface area contributed by atoms with Crippen LogP contribution in [0.15, 0.2) is 0 Å². The van der Waals surface area contributed by atoms with Gasteiger partial charge in [-0.3, -0.25) is 9.69 Å². The molecule has 2 heterocycles. The van der Waals surface area contributed by atoms with Crippen molar-refractivity contribution in [1.29, 1.82) is 5.26 Å². The van der Waals surface area contributed by atoms with E-state index in [0.29, 0.717) is 24.0 Å². The first-order valence-electron chi connectivity index (χ1n) is 8.30. The predicted molar refractivity (Wildman–Crippen MR) is 91.7 cm³/mol. The minimum Gasteiger partial charge on any atom is -0.320 e. The lowest BCUT2D eigenvalue weighted by Gasteiger charge is -2.20. The van der Waals surface area contributed by atoms with Gasteiger partial charge in [-0.2, -0.15) is 5.26 Å². The second-order valence-corrected chi connectivity index (χ2v) is 7.70. The molecule has 1 aromatic rings. The number of hydrogen-bond donors (Lipinski definition) is 1. The Morgan fingerprint density at radius 1 is 1.26 bits per heavy atom. The number of carbonyl (C=O) groups excluding carboxylic acids is 1. The Kier molecular flexibility index (Phi) is 5.39. The maximum absolute atomic E-state index is 12.5. The highest BCUT2D eigenvalue weighted by atomic mass is 35.5. The Morgan fingerprint density at radius 2 is 2.04 bits per heavy atom. The summed E-state index contributed by atoms with van der Waals surface area (Å²) in [6.07, 6.45) is 10.1. The number of anilines is 1. The smallest absolute Gasteiger partial charge is 0.230 e. The number of carbonyl (C=O) groups is 1. The van der Waals surface area contributed by atoms with Crippen LogP contribution in [0.3, 0.4) is 0 Å². The highest BCUT2D eigenvalue weighted by Gasteiger charge is 2.29. The van der Waals surface area contributed by atoms with Gasteiger partial charge in [0.2, 0.25) is 5.91 Å². The molecule has 1 atom stereocenters. The van der Waals surface area contributed by atoms with E-state index in [-0.39, 0.29) is 11.9 Å². The van der Waals surface area contributed by atoms with Crippen LogP contribution in [0.25, 0.3) is 0 Å². The van der Waals surface area contributed by atoms with Gasteiger partial charge in [-0.15, -0.1) is 0 Å². The van der Waals surface area contributed by atoms with Crippen molar-refractivity contribution in [3.8, 4) is 6.19 Å². The molecule has 23 heavy (non-hydrogen) atoms. The lowest BCUT2D eigenvalue weighted by Crippen LogP contribution is -2.33. The predicted octanol–water partition coefficient (Wildman–Crippen LogP) is 3.80. The first-order chi connectivity index (χ1) is 11.2. The third kappa shape index (κ3) is 3.78. The molecule has 1 N–H and O–H groups in total. The Labute approximate surface area is 145 Å². The van der Waals surface area contributed by atoms with Crippen LogP contribution in [0.2, 0.25) is 5.15 Å². The molecule has 0 aromatic carbocycles. The molecule has 124 valence electrons. The Hall–Kier alpha value is -1.32. The summed E-state index contributed by atoms with van der Waals surface area (Å²) in [5.74, 6) is 0.522. The molecule has 0 unspecified atom stereocenters. The fraction of sp³-hybridized carbons (Fsp3) is 0.688. The molecule has 0 radical (unpaired) electrons. The molecule has 0 bridgehead atoms. The van der Waals surface area contributed by atoms with Gasteiger partial charge in [0.1, 0.15) is 5.15 Å². The molecule has 2 fully saturated rings. The molecule has 5 nitrogen and oxygen atoms in total. The van der Waals surface area contributed by atoms with Gasteiger partial charge in [0.05, 0.1) is 0 Å². The van der Waals surface area contributed by atoms with E-state index >= 15 is 0 Å². The summed E-state index contributed by atoms with van der Waals surface area (Å²) < 4.78 is 0. The summed E-state index contributed by atoms with van der Waals surface area (Å²) >= 11 is 7.95. The van der Waals surface area contributed by atoms with Crippen LogP contribution in [0.4, 0.5) is 5.13 Å². The number of halogens is 1. The second-order valence-electron chi connectivity index (χ2n) is 6.33. The van der Waals surface area contributed by atoms with Crippen molar-refractivity contribution in [3.63, 3.8) is 0 Å². The summed E-state index contributed by atoms with van der Waals surface area (Å²) in [5, 5.41) is 12.8. The summed E-state index contributed by atoms with van der Waals surface area (Å²) in [5.41, 5.74) is 0. The lowest BCUT2D eigenvalue weighted by atomic mass is 9.88. The van der Waals surface area contributed by atoms with Gasteiger partial charge < -0.3 is 5.32 Å². The van der Waals surface area contributed by atoms with Crippen LogP contribution < -0.4 is 10.2 Å². The largest absolute Gasteiger partial charge is 0.320 e. The Morgan fingerprint density at radius 3 is 2.78 bits per heavy atom. The topological polar surface area (TPSA) is 69.0 Å². The summed E-state index contributed by atoms with van der Waals surface area (Å²) in [7, 11) is 0. The van der Waals surface area contributed by atoms with E-state index in [4.69, 9.17) is 16.9 Å². The van der Waals surface area contributed by atoms with Crippen LogP contribution in [-0.2, 0) is 4.79 Å². The van der Waals surface area contributed by atoms with E-state index in [1.165, 1.54) is 32.1 Å². The molecule has 7 heteroatoms. The number of amides is 1. The van der Waals surface area contributed by atoms with Gasteiger partial charge in [-0.25, -0.2) is 4.98 Å². The summed E-state index contributed by atoms with van der Waals surface area (Å²) in [6.45, 7) is 0.649. The fourth-order valence-corrected chi connectivity index (χ4v) is 5.06. The third-order valence-corrected chi connectivity index (χ3v) is 6.37. The molecule has 1 aromatic heterocycles. The quantitative estimate of drug-likeness (QED) is 0.663. The molecule has 1 saturated heterocycles. The van der Waals surface area contributed by atoms with Crippen molar-refractivity contribution in [2.24, 2.45) is 0 Å². The maximum atomic E-state index is 12.5. The standard InChI is InChI=1S/C16H21ClN4OS/c17-15-14(11-5-2-1-3-6-11)23-16(20-15)21-8-4-7-12(19-10-18)9-13(21)22/h11-12,19H,1-9H2/t12-/m0/s1. The number of aromatic nitrogens is 1. The highest BCUT2D eigenvalue weighted by molar-refractivity contribution is 7.16. The van der Waals surface area contributed by atoms with Gasteiger partial charge in [0.15, 0.2) is 11.3 Å². The number of nitriles is 1. The van der Waals surface area contributed by atoms with Gasteiger partial charge in [-0.05, 0) is 31.6 Å². The minimum absolute atomic E-state index is 0.0239. The van der Waals surface area contributed by atoms with E-state index in [1.807, 2.05) is 6.19 Å². The van der Waals surface area contributed by atoms with Crippen molar-refractivity contribution >= 4 is 34.0 Å². The third-order valence-electron chi connectivity index (χ3n) is 4.73. The molecule has 3 rings (SSSR count). The van der Waals surface area contributed by atoms with Gasteiger partial charge in [-0.1, -0.05) is 42.2 Å². The minimum atomic E-state index is -0.0641. The average molecular weight is 353 g/mol. The summed E-state index contributed by atoms with van der Waals surface area (Å²) in [6, 6.07) is -0.0641. The highest BCUT2D eigenvalue weighted by Crippen LogP contribution is 2.42. The van der Waals surface area contributed by atoms with Crippen LogP contribution in [-0.4, -0.2) is 23.5 Å². The molecule has 1 aliphatic heterocycles. The molecular formula is C16H21ClN4OS. The Bertz CT molecular complexity index is 606. The zero-order valence-electron chi connectivity index (χ0n) is 13.1. The summed E-state index contributed by atoms with van der Waals surface area (Å²) in [4.78, 5) is 19.9. The molecule has 1 aliphatic carbocycles. The zero-order valence-corrected chi connectivity index (χ0v) is 14.6. The van der Waals surface area contributed by atoms with Crippen LogP contribution in [0, 0.1) is 11.5 Å². The number of nitrogens with zero attached hydrogens (tertiary/aromatic N) is 3. The van der Waals surface area contributed by atoms with E-state index in [9.17, 15) is 4.79 Å². The normalized spacial score (nSPS) is 23.4. The van der Waals surface area contributed by atoms with Gasteiger partial charge >= 0.3 is 0 Å². The van der Waals surface area contributed by atoms with Crippen molar-refractivity contribution in [1.82, 2.24) is 10.3 Å². The van der Waals surface area contributed by atoms with Crippen molar-refractivity contribution in [2.75, 3.05) is 11.4 Å². The Balaban J connectivity index is 1.76. The average Bonchev–Trinajstić information content (AvgIpc) is 2.83. The van der Waals surface area contributed by atoms with Crippen LogP contribution in [0.1, 0.15) is 62.2 Å². The monoisotopic (exact) mass is 352 g/mol. The number of hydrogen-bond acceptors (Lipinski definition) is 5. The first kappa shape index (κ1) is 16.5. The number of thiazole rings is 1. The van der Waals surface area contributed by atoms with Crippen LogP contribution >= 0.6 is 22.9 Å². The van der Waals surface area contributed by atoms with Crippen LogP contribution in [0.5, 0.6) is 0 Å². The zero-order chi connectivity index (χ0) is 16.2. The van der Waals surface area contributed by atoms with E-state index < -0.39 is 0 Å². The number of nitrogens with one attached hydrogen (secondary N) is 1. The number of rotatable bonds is 3. The van der Waals surface area contributed by atoms with Gasteiger partial charge in [0.25, 0.3) is 0 Å². The fourth-order valence-electron chi connectivity index (χ4n) is 3.49. The molecule has 1 saturated carbocycles. The van der Waals surface area contributed by atoms with E-state index in [0.717, 1.165) is 22.9 Å². The van der Waals surface area contributed by atoms with E-state index in [2.05, 4.69) is 10.3 Å². The SMILES string of the molecule is N#CN[C@H]1CCCN(c2nc(Cl)c(C3CCCCC3)s2)C(=O)C1. The molecule has 2 aliphatic rings. The molecular weight excluding hydrogens is 332 g/mol. The van der Waals surface area contributed by atoms with E-state index in [1.54, 1.807) is 16.2 Å². The molecule has 0 spiro atoms. The first-order valence-corrected chi connectivity index (χ1v) is 9.49. The molecule has 1 amide bonds. The van der Waals surface area contributed by atoms with Gasteiger partial charge in [0, 0.05) is 23.9 Å². The maximum Gasteiger partial charge on any atom is 0.230 e. The second kappa shape index (κ2) is 7.50. The van der Waals surface area contributed by atoms with Crippen molar-refractivity contribution in [2.45, 2.75) is 63.3 Å². The van der Waals surface area contributed by atoms with Crippen molar-refractivity contribution in [3.05, 3.63) is 10.0 Å². The van der Waals surface area contributed by atoms with Crippen molar-refractivity contribution < 1.29 is 4.79 Å². The lowest BCUT2D eigenvalue weighted by molar-refractivity contribution is -0.118.